The predicted octanol–water partition coefficient (Wildman–Crippen LogP) is 3.40. The lowest BCUT2D eigenvalue weighted by atomic mass is 10.2. The summed E-state index contributed by atoms with van der Waals surface area (Å²) in [5.74, 6) is 2.94. The topological polar surface area (TPSA) is 34.4 Å². The molecule has 1 heterocycles. The second kappa shape index (κ2) is 6.39. The van der Waals surface area contributed by atoms with Crippen molar-refractivity contribution >= 4 is 0 Å². The van der Waals surface area contributed by atoms with E-state index in [1.807, 2.05) is 6.92 Å². The van der Waals surface area contributed by atoms with Crippen LogP contribution in [0.25, 0.3) is 0 Å². The molecule has 102 valence electrons. The average molecular weight is 251 g/mol. The van der Waals surface area contributed by atoms with Gasteiger partial charge in [0.1, 0.15) is 11.5 Å². The van der Waals surface area contributed by atoms with Crippen LogP contribution < -0.4 is 5.32 Å². The van der Waals surface area contributed by atoms with E-state index in [0.29, 0.717) is 12.6 Å². The zero-order valence-corrected chi connectivity index (χ0v) is 11.8. The molecule has 3 nitrogen and oxygen atoms in total. The summed E-state index contributed by atoms with van der Waals surface area (Å²) in [6, 6.07) is 2.59. The molecular weight excluding hydrogens is 226 g/mol. The van der Waals surface area contributed by atoms with Crippen LogP contribution in [0, 0.1) is 12.8 Å². The van der Waals surface area contributed by atoms with E-state index in [4.69, 9.17) is 9.15 Å². The van der Waals surface area contributed by atoms with Crippen LogP contribution >= 0.6 is 0 Å². The van der Waals surface area contributed by atoms with E-state index in [9.17, 15) is 0 Å². The van der Waals surface area contributed by atoms with Crippen LogP contribution in [-0.2, 0) is 17.9 Å². The largest absolute Gasteiger partial charge is 0.465 e. The van der Waals surface area contributed by atoms with Gasteiger partial charge in [-0.05, 0) is 25.3 Å². The number of ether oxygens (including phenoxy) is 1. The molecule has 1 saturated carbocycles. The molecule has 0 bridgehead atoms. The number of nitrogens with one attached hydrogen (secondary N) is 1. The van der Waals surface area contributed by atoms with Crippen LogP contribution in [0.5, 0.6) is 0 Å². The first kappa shape index (κ1) is 13.6. The zero-order chi connectivity index (χ0) is 13.0. The Labute approximate surface area is 110 Å². The van der Waals surface area contributed by atoms with Gasteiger partial charge in [0.25, 0.3) is 0 Å². The molecule has 1 aromatic heterocycles. The SMILES string of the molecule is Cc1oc(CNC(C)C)cc1COCCC1CC1. The summed E-state index contributed by atoms with van der Waals surface area (Å²) >= 11 is 0. The molecule has 18 heavy (non-hydrogen) atoms. The maximum atomic E-state index is 5.71. The standard InChI is InChI=1S/C15H25NO2/c1-11(2)16-9-15-8-14(12(3)18-15)10-17-7-6-13-4-5-13/h8,11,13,16H,4-7,9-10H2,1-3H3. The molecule has 1 N–H and O–H groups in total. The van der Waals surface area contributed by atoms with Crippen molar-refractivity contribution in [2.24, 2.45) is 5.92 Å². The normalized spacial score (nSPS) is 15.6. The Kier molecular flexibility index (Phi) is 4.84. The molecule has 2 rings (SSSR count). The molecule has 0 spiro atoms. The van der Waals surface area contributed by atoms with Crippen molar-refractivity contribution in [1.29, 1.82) is 0 Å². The van der Waals surface area contributed by atoms with Gasteiger partial charge < -0.3 is 14.5 Å². The Morgan fingerprint density at radius 1 is 1.44 bits per heavy atom. The first-order valence-electron chi connectivity index (χ1n) is 7.04. The molecule has 1 aliphatic rings. The van der Waals surface area contributed by atoms with Gasteiger partial charge in [0.15, 0.2) is 0 Å². The number of hydrogen-bond donors (Lipinski definition) is 1. The fraction of sp³-hybridized carbons (Fsp3) is 0.733. The van der Waals surface area contributed by atoms with Gasteiger partial charge >= 0.3 is 0 Å². The molecule has 0 aromatic carbocycles. The van der Waals surface area contributed by atoms with Crippen molar-refractivity contribution in [3.63, 3.8) is 0 Å². The molecule has 0 unspecified atom stereocenters. The van der Waals surface area contributed by atoms with E-state index in [0.717, 1.165) is 30.6 Å². The molecule has 3 heteroatoms. The lowest BCUT2D eigenvalue weighted by Crippen LogP contribution is -2.21. The van der Waals surface area contributed by atoms with Crippen LogP contribution in [0.15, 0.2) is 10.5 Å². The van der Waals surface area contributed by atoms with Gasteiger partial charge in [0.05, 0.1) is 13.2 Å². The second-order valence-corrected chi connectivity index (χ2v) is 5.61. The fourth-order valence-electron chi connectivity index (χ4n) is 1.96. The fourth-order valence-corrected chi connectivity index (χ4v) is 1.96. The summed E-state index contributed by atoms with van der Waals surface area (Å²) in [5.41, 5.74) is 1.19. The van der Waals surface area contributed by atoms with Crippen LogP contribution in [0.1, 0.15) is 50.2 Å². The Balaban J connectivity index is 1.72. The molecule has 0 aliphatic heterocycles. The highest BCUT2D eigenvalue weighted by Gasteiger charge is 2.20. The van der Waals surface area contributed by atoms with Crippen molar-refractivity contribution < 1.29 is 9.15 Å². The molecule has 0 saturated heterocycles. The van der Waals surface area contributed by atoms with E-state index in [-0.39, 0.29) is 0 Å². The summed E-state index contributed by atoms with van der Waals surface area (Å²) in [6.45, 7) is 8.65. The molecule has 0 atom stereocenters. The number of aryl methyl sites for hydroxylation is 1. The zero-order valence-electron chi connectivity index (χ0n) is 11.8. The Morgan fingerprint density at radius 3 is 2.89 bits per heavy atom. The van der Waals surface area contributed by atoms with E-state index in [1.54, 1.807) is 0 Å². The second-order valence-electron chi connectivity index (χ2n) is 5.61. The Morgan fingerprint density at radius 2 is 2.22 bits per heavy atom. The van der Waals surface area contributed by atoms with Crippen molar-refractivity contribution in [2.75, 3.05) is 6.61 Å². The third-order valence-corrected chi connectivity index (χ3v) is 3.38. The van der Waals surface area contributed by atoms with Crippen molar-refractivity contribution in [1.82, 2.24) is 5.32 Å². The molecule has 1 fully saturated rings. The van der Waals surface area contributed by atoms with Gasteiger partial charge in [0.2, 0.25) is 0 Å². The maximum absolute atomic E-state index is 5.71. The smallest absolute Gasteiger partial charge is 0.118 e. The molecule has 1 aliphatic carbocycles. The monoisotopic (exact) mass is 251 g/mol. The third kappa shape index (κ3) is 4.46. The highest BCUT2D eigenvalue weighted by molar-refractivity contribution is 5.19. The quantitative estimate of drug-likeness (QED) is 0.719. The number of furan rings is 1. The summed E-state index contributed by atoms with van der Waals surface area (Å²) in [4.78, 5) is 0. The van der Waals surface area contributed by atoms with Gasteiger partial charge in [-0.2, -0.15) is 0 Å². The van der Waals surface area contributed by atoms with Crippen molar-refractivity contribution in [3.05, 3.63) is 23.2 Å². The average Bonchev–Trinajstić information content (AvgIpc) is 3.07. The first-order valence-corrected chi connectivity index (χ1v) is 7.04. The molecule has 0 radical (unpaired) electrons. The summed E-state index contributed by atoms with van der Waals surface area (Å²) in [7, 11) is 0. The Bertz CT molecular complexity index is 367. The van der Waals surface area contributed by atoms with Gasteiger partial charge in [-0.1, -0.05) is 26.7 Å². The van der Waals surface area contributed by atoms with Crippen molar-refractivity contribution in [2.45, 2.75) is 59.2 Å². The van der Waals surface area contributed by atoms with Gasteiger partial charge in [-0.3, -0.25) is 0 Å². The first-order chi connectivity index (χ1) is 8.65. The Hall–Kier alpha value is -0.800. The van der Waals surface area contributed by atoms with Gasteiger partial charge in [-0.25, -0.2) is 0 Å². The van der Waals surface area contributed by atoms with Crippen molar-refractivity contribution in [3.8, 4) is 0 Å². The van der Waals surface area contributed by atoms with E-state index >= 15 is 0 Å². The summed E-state index contributed by atoms with van der Waals surface area (Å²) in [5, 5.41) is 3.36. The van der Waals surface area contributed by atoms with Crippen LogP contribution in [0.4, 0.5) is 0 Å². The minimum Gasteiger partial charge on any atom is -0.465 e. The van der Waals surface area contributed by atoms with Gasteiger partial charge in [0, 0.05) is 18.2 Å². The van der Waals surface area contributed by atoms with Crippen LogP contribution in [0.3, 0.4) is 0 Å². The summed E-state index contributed by atoms with van der Waals surface area (Å²) < 4.78 is 11.4. The van der Waals surface area contributed by atoms with Crippen LogP contribution in [-0.4, -0.2) is 12.6 Å². The van der Waals surface area contributed by atoms with E-state index < -0.39 is 0 Å². The van der Waals surface area contributed by atoms with E-state index in [2.05, 4.69) is 25.2 Å². The lowest BCUT2D eigenvalue weighted by molar-refractivity contribution is 0.114. The third-order valence-electron chi connectivity index (χ3n) is 3.38. The highest BCUT2D eigenvalue weighted by Crippen LogP contribution is 2.32. The lowest BCUT2D eigenvalue weighted by Gasteiger charge is -2.04. The minimum absolute atomic E-state index is 0.480. The minimum atomic E-state index is 0.480. The van der Waals surface area contributed by atoms with Gasteiger partial charge in [-0.15, -0.1) is 0 Å². The highest BCUT2D eigenvalue weighted by atomic mass is 16.5. The molecule has 0 amide bonds. The number of rotatable bonds is 8. The summed E-state index contributed by atoms with van der Waals surface area (Å²) in [6.07, 6.45) is 4.02. The van der Waals surface area contributed by atoms with Crippen LogP contribution in [0.2, 0.25) is 0 Å². The molecule has 1 aromatic rings. The van der Waals surface area contributed by atoms with E-state index in [1.165, 1.54) is 24.8 Å². The molecular formula is C15H25NO2. The number of hydrogen-bond acceptors (Lipinski definition) is 3. The predicted molar refractivity (Wildman–Crippen MR) is 72.4 cm³/mol. The maximum Gasteiger partial charge on any atom is 0.118 e.